The lowest BCUT2D eigenvalue weighted by Gasteiger charge is -1.93. The first-order valence-corrected chi connectivity index (χ1v) is 4.05. The van der Waals surface area contributed by atoms with Gasteiger partial charge in [-0.3, -0.25) is 16.2 Å². The van der Waals surface area contributed by atoms with Gasteiger partial charge in [0.15, 0.2) is 0 Å². The lowest BCUT2D eigenvalue weighted by atomic mass is 10.5. The van der Waals surface area contributed by atoms with Gasteiger partial charge in [0.25, 0.3) is 0 Å². The lowest BCUT2D eigenvalue weighted by Crippen LogP contribution is -2.22. The van der Waals surface area contributed by atoms with Crippen LogP contribution in [0.25, 0.3) is 0 Å². The molecule has 0 atom stereocenters. The Morgan fingerprint density at radius 3 is 2.00 bits per heavy atom. The molecule has 0 aromatic heterocycles. The standard InChI is InChI=1S/C3H9NO3S.H4N2/c1-2-3-4-8(5,6)7;1-2/h4H,2-3H2,1H3,(H,5,6,7);1-2H2. The molecular weight excluding hydrogens is 158 g/mol. The Kier molecular flexibility index (Phi) is 8.61. The van der Waals surface area contributed by atoms with E-state index in [1.807, 2.05) is 4.72 Å². The monoisotopic (exact) mass is 171 g/mol. The van der Waals surface area contributed by atoms with Crippen LogP contribution in [0.5, 0.6) is 0 Å². The van der Waals surface area contributed by atoms with Crippen LogP contribution >= 0.6 is 0 Å². The Bertz CT molecular complexity index is 143. The smallest absolute Gasteiger partial charge is 0.274 e. The van der Waals surface area contributed by atoms with Crippen molar-refractivity contribution in [3.05, 3.63) is 0 Å². The second kappa shape index (κ2) is 6.90. The van der Waals surface area contributed by atoms with Crippen molar-refractivity contribution in [2.24, 2.45) is 11.7 Å². The van der Waals surface area contributed by atoms with Crippen molar-refractivity contribution < 1.29 is 13.0 Å². The molecule has 10 heavy (non-hydrogen) atoms. The molecule has 0 saturated heterocycles. The molecule has 7 heteroatoms. The minimum Gasteiger partial charge on any atom is -0.274 e. The average molecular weight is 171 g/mol. The van der Waals surface area contributed by atoms with Crippen molar-refractivity contribution in [3.8, 4) is 0 Å². The van der Waals surface area contributed by atoms with Crippen LogP contribution in [0.1, 0.15) is 13.3 Å². The zero-order valence-corrected chi connectivity index (χ0v) is 6.56. The third-order valence-electron chi connectivity index (χ3n) is 0.534. The first-order valence-electron chi connectivity index (χ1n) is 2.61. The first-order chi connectivity index (χ1) is 4.56. The molecule has 0 aromatic rings. The number of hydrazine groups is 1. The van der Waals surface area contributed by atoms with Crippen LogP contribution in [-0.2, 0) is 10.3 Å². The topological polar surface area (TPSA) is 118 Å². The number of hydrogen-bond acceptors (Lipinski definition) is 4. The first kappa shape index (κ1) is 12.5. The molecule has 0 amide bonds. The van der Waals surface area contributed by atoms with Crippen molar-refractivity contribution in [1.82, 2.24) is 4.72 Å². The predicted molar refractivity (Wildman–Crippen MR) is 38.2 cm³/mol. The number of nitrogens with one attached hydrogen (secondary N) is 1. The molecule has 0 aliphatic carbocycles. The zero-order chi connectivity index (χ0) is 8.62. The van der Waals surface area contributed by atoms with E-state index < -0.39 is 10.3 Å². The van der Waals surface area contributed by atoms with E-state index in [9.17, 15) is 8.42 Å². The highest BCUT2D eigenvalue weighted by molar-refractivity contribution is 7.83. The van der Waals surface area contributed by atoms with E-state index in [0.717, 1.165) is 0 Å². The van der Waals surface area contributed by atoms with Gasteiger partial charge in [0, 0.05) is 6.54 Å². The van der Waals surface area contributed by atoms with Gasteiger partial charge in [0.1, 0.15) is 0 Å². The van der Waals surface area contributed by atoms with E-state index in [-0.39, 0.29) is 0 Å². The molecule has 0 aliphatic heterocycles. The minimum atomic E-state index is -3.94. The maximum Gasteiger partial charge on any atom is 0.333 e. The quantitative estimate of drug-likeness (QED) is 0.237. The van der Waals surface area contributed by atoms with Crippen molar-refractivity contribution >= 4 is 10.3 Å². The molecule has 0 unspecified atom stereocenters. The largest absolute Gasteiger partial charge is 0.333 e. The molecule has 0 heterocycles. The normalized spacial score (nSPS) is 10.0. The van der Waals surface area contributed by atoms with E-state index in [0.29, 0.717) is 13.0 Å². The van der Waals surface area contributed by atoms with Crippen LogP contribution in [-0.4, -0.2) is 19.5 Å². The Morgan fingerprint density at radius 1 is 1.50 bits per heavy atom. The van der Waals surface area contributed by atoms with E-state index >= 15 is 0 Å². The van der Waals surface area contributed by atoms with Gasteiger partial charge in [-0.25, -0.2) is 0 Å². The molecule has 0 bridgehead atoms. The van der Waals surface area contributed by atoms with E-state index in [2.05, 4.69) is 11.7 Å². The predicted octanol–water partition coefficient (Wildman–Crippen LogP) is -1.39. The summed E-state index contributed by atoms with van der Waals surface area (Å²) in [7, 11) is -3.94. The third kappa shape index (κ3) is 15.7. The number of rotatable bonds is 3. The minimum absolute atomic E-state index is 0.291. The fourth-order valence-electron chi connectivity index (χ4n) is 0.231. The summed E-state index contributed by atoms with van der Waals surface area (Å²) in [5, 5.41) is 0. The fourth-order valence-corrected chi connectivity index (χ4v) is 0.693. The molecule has 0 spiro atoms. The van der Waals surface area contributed by atoms with Crippen molar-refractivity contribution in [2.45, 2.75) is 13.3 Å². The summed E-state index contributed by atoms with van der Waals surface area (Å²) in [4.78, 5) is 0. The maximum absolute atomic E-state index is 9.83. The summed E-state index contributed by atoms with van der Waals surface area (Å²) in [5.74, 6) is 8.00. The SMILES string of the molecule is CCCNS(=O)(=O)O.NN. The van der Waals surface area contributed by atoms with Gasteiger partial charge in [-0.15, -0.1) is 0 Å². The van der Waals surface area contributed by atoms with Gasteiger partial charge in [-0.2, -0.15) is 13.1 Å². The summed E-state index contributed by atoms with van der Waals surface area (Å²) in [6.45, 7) is 2.09. The summed E-state index contributed by atoms with van der Waals surface area (Å²) < 4.78 is 29.6. The third-order valence-corrected chi connectivity index (χ3v) is 1.10. The van der Waals surface area contributed by atoms with Crippen molar-refractivity contribution in [2.75, 3.05) is 6.54 Å². The highest BCUT2D eigenvalue weighted by Gasteiger charge is 1.97. The van der Waals surface area contributed by atoms with Gasteiger partial charge in [0.05, 0.1) is 0 Å². The van der Waals surface area contributed by atoms with E-state index in [4.69, 9.17) is 4.55 Å². The number of nitrogens with two attached hydrogens (primary N) is 2. The maximum atomic E-state index is 9.83. The zero-order valence-electron chi connectivity index (χ0n) is 5.74. The highest BCUT2D eigenvalue weighted by atomic mass is 32.2. The second-order valence-corrected chi connectivity index (χ2v) is 2.61. The summed E-state index contributed by atoms with van der Waals surface area (Å²) >= 11 is 0. The van der Waals surface area contributed by atoms with Crippen LogP contribution in [0.3, 0.4) is 0 Å². The molecule has 6 nitrogen and oxygen atoms in total. The molecule has 0 fully saturated rings. The van der Waals surface area contributed by atoms with Crippen LogP contribution in [0.15, 0.2) is 0 Å². The average Bonchev–Trinajstić information content (AvgIpc) is 1.87. The van der Waals surface area contributed by atoms with Crippen LogP contribution in [0.4, 0.5) is 0 Å². The van der Waals surface area contributed by atoms with Crippen molar-refractivity contribution in [1.29, 1.82) is 0 Å². The summed E-state index contributed by atoms with van der Waals surface area (Å²) in [6.07, 6.45) is 0.680. The molecule has 0 rings (SSSR count). The van der Waals surface area contributed by atoms with Gasteiger partial charge in [-0.05, 0) is 6.42 Å². The number of hydrogen-bond donors (Lipinski definition) is 4. The van der Waals surface area contributed by atoms with E-state index in [1.54, 1.807) is 6.92 Å². The molecule has 0 aromatic carbocycles. The summed E-state index contributed by atoms with van der Waals surface area (Å²) in [6, 6.07) is 0. The molecular formula is C3H13N3O3S. The van der Waals surface area contributed by atoms with Gasteiger partial charge < -0.3 is 0 Å². The van der Waals surface area contributed by atoms with E-state index in [1.165, 1.54) is 0 Å². The Labute approximate surface area is 60.4 Å². The molecule has 6 N–H and O–H groups in total. The molecule has 64 valence electrons. The summed E-state index contributed by atoms with van der Waals surface area (Å²) in [5.41, 5.74) is 0. The molecule has 0 radical (unpaired) electrons. The van der Waals surface area contributed by atoms with Crippen LogP contribution in [0.2, 0.25) is 0 Å². The Hall–Kier alpha value is -0.210. The fraction of sp³-hybridized carbons (Fsp3) is 1.00. The van der Waals surface area contributed by atoms with Gasteiger partial charge >= 0.3 is 10.3 Å². The Balaban J connectivity index is 0. The highest BCUT2D eigenvalue weighted by Crippen LogP contribution is 1.74. The Morgan fingerprint density at radius 2 is 1.90 bits per heavy atom. The van der Waals surface area contributed by atoms with Gasteiger partial charge in [-0.1, -0.05) is 6.92 Å². The van der Waals surface area contributed by atoms with Crippen molar-refractivity contribution in [3.63, 3.8) is 0 Å². The lowest BCUT2D eigenvalue weighted by molar-refractivity contribution is 0.467. The second-order valence-electron chi connectivity index (χ2n) is 1.37. The van der Waals surface area contributed by atoms with Crippen LogP contribution in [0, 0.1) is 0 Å². The molecule has 0 saturated carbocycles. The molecule has 0 aliphatic rings. The van der Waals surface area contributed by atoms with Crippen LogP contribution < -0.4 is 16.4 Å². The van der Waals surface area contributed by atoms with Gasteiger partial charge in [0.2, 0.25) is 0 Å².